The first-order valence-electron chi connectivity index (χ1n) is 17.2. The second-order valence-electron chi connectivity index (χ2n) is 12.6. The summed E-state index contributed by atoms with van der Waals surface area (Å²) >= 11 is 0. The lowest BCUT2D eigenvalue weighted by Crippen LogP contribution is -2.04. The third kappa shape index (κ3) is 4.83. The van der Waals surface area contributed by atoms with Crippen LogP contribution in [0, 0.1) is 0 Å². The van der Waals surface area contributed by atoms with Crippen LogP contribution in [-0.2, 0) is 0 Å². The highest BCUT2D eigenvalue weighted by Crippen LogP contribution is 2.54. The third-order valence-corrected chi connectivity index (χ3v) is 9.83. The lowest BCUT2D eigenvalue weighted by Gasteiger charge is -2.23. The number of rotatable bonds is 12. The number of benzene rings is 6. The molecule has 8 rings (SSSR count). The molecule has 0 atom stereocenters. The average Bonchev–Trinajstić information content (AvgIpc) is 3.58. The van der Waals surface area contributed by atoms with E-state index >= 15 is 0 Å². The smallest absolute Gasteiger partial charge is 0.172 e. The Labute approximate surface area is 291 Å². The van der Waals surface area contributed by atoms with Gasteiger partial charge in [-0.3, -0.25) is 4.40 Å². The van der Waals surface area contributed by atoms with Crippen LogP contribution in [0.1, 0.15) is 32.6 Å². The molecule has 0 aliphatic rings. The summed E-state index contributed by atoms with van der Waals surface area (Å²) in [6.07, 6.45) is 4.36. The van der Waals surface area contributed by atoms with Crippen molar-refractivity contribution in [2.45, 2.75) is 32.6 Å². The molecule has 0 saturated carbocycles. The van der Waals surface area contributed by atoms with Crippen LogP contribution in [0.2, 0.25) is 0 Å². The van der Waals surface area contributed by atoms with E-state index in [2.05, 4.69) is 84.1 Å². The third-order valence-electron chi connectivity index (χ3n) is 9.83. The van der Waals surface area contributed by atoms with Crippen molar-refractivity contribution < 1.29 is 23.7 Å². The van der Waals surface area contributed by atoms with Crippen molar-refractivity contribution in [1.82, 2.24) is 9.38 Å². The van der Waals surface area contributed by atoms with Gasteiger partial charge in [0.05, 0.1) is 57.3 Å². The van der Waals surface area contributed by atoms with E-state index in [4.69, 9.17) is 28.7 Å². The van der Waals surface area contributed by atoms with Gasteiger partial charge in [-0.1, -0.05) is 86.8 Å². The van der Waals surface area contributed by atoms with Crippen LogP contribution >= 0.6 is 0 Å². The summed E-state index contributed by atoms with van der Waals surface area (Å²) in [5, 5.41) is 6.94. The van der Waals surface area contributed by atoms with E-state index in [9.17, 15) is 0 Å². The predicted molar refractivity (Wildman–Crippen MR) is 203 cm³/mol. The van der Waals surface area contributed by atoms with E-state index < -0.39 is 0 Å². The zero-order valence-electron chi connectivity index (χ0n) is 29.1. The number of aromatic nitrogens is 2. The summed E-state index contributed by atoms with van der Waals surface area (Å²) in [5.74, 6) is 3.41. The van der Waals surface area contributed by atoms with Crippen LogP contribution in [0.15, 0.2) is 91.0 Å². The van der Waals surface area contributed by atoms with Crippen LogP contribution in [0.5, 0.6) is 28.7 Å². The highest BCUT2D eigenvalue weighted by atomic mass is 16.5. The Hall–Kier alpha value is -5.69. The fraction of sp³-hybridized carbons (Fsp3) is 0.233. The first-order chi connectivity index (χ1) is 24.6. The molecule has 0 radical (unpaired) electrons. The zero-order chi connectivity index (χ0) is 34.4. The van der Waals surface area contributed by atoms with E-state index in [0.717, 1.165) is 96.4 Å². The zero-order valence-corrected chi connectivity index (χ0v) is 29.1. The van der Waals surface area contributed by atoms with Crippen LogP contribution in [0.25, 0.3) is 71.4 Å². The van der Waals surface area contributed by atoms with Gasteiger partial charge in [0.2, 0.25) is 0 Å². The van der Waals surface area contributed by atoms with Crippen molar-refractivity contribution in [2.24, 2.45) is 0 Å². The van der Waals surface area contributed by atoms with Crippen LogP contribution < -0.4 is 23.7 Å². The SMILES string of the molecule is CCCCCCOc1c(OC)cc2c3cc(OC)ccc3c3c(OC)c(OC)cc4c3c2c1c1nc(-c2ccccc2)c(-c2ccccc2)n41. The minimum atomic E-state index is 0.565. The Bertz CT molecular complexity index is 2490. The van der Waals surface area contributed by atoms with Gasteiger partial charge in [-0.05, 0) is 46.8 Å². The van der Waals surface area contributed by atoms with Gasteiger partial charge in [0.25, 0.3) is 0 Å². The normalized spacial score (nSPS) is 11.7. The number of fused-ring (bicyclic) bond motifs is 6. The Morgan fingerprint density at radius 1 is 0.580 bits per heavy atom. The monoisotopic (exact) mass is 664 g/mol. The van der Waals surface area contributed by atoms with Crippen LogP contribution in [0.4, 0.5) is 0 Å². The average molecular weight is 665 g/mol. The van der Waals surface area contributed by atoms with Gasteiger partial charge in [0.15, 0.2) is 23.0 Å². The first kappa shape index (κ1) is 31.6. The molecule has 50 heavy (non-hydrogen) atoms. The standard InChI is InChI=1S/C43H40N2O5/c1-6-7-8-15-22-50-42-33(47-3)24-31-30-23-28(46-2)20-21-29(30)36-37-32(25-34(48-4)41(36)49-5)45-40(27-18-13-10-14-19-27)39(26-16-11-9-12-17-26)44-43(45)38(42)35(31)37/h9-14,16-21,23-25H,6-8,15,22H2,1-5H3. The molecule has 0 unspecified atom stereocenters. The summed E-state index contributed by atoms with van der Waals surface area (Å²) < 4.78 is 33.3. The molecule has 8 aromatic rings. The Balaban J connectivity index is 1.66. The van der Waals surface area contributed by atoms with Gasteiger partial charge in [-0.2, -0.15) is 0 Å². The molecular formula is C43H40N2O5. The molecule has 2 heterocycles. The molecule has 6 aromatic carbocycles. The van der Waals surface area contributed by atoms with Gasteiger partial charge in [0.1, 0.15) is 11.4 Å². The lowest BCUT2D eigenvalue weighted by molar-refractivity contribution is 0.289. The number of ether oxygens (including phenoxy) is 5. The van der Waals surface area contributed by atoms with E-state index in [0.29, 0.717) is 29.6 Å². The second-order valence-corrected chi connectivity index (χ2v) is 12.6. The topological polar surface area (TPSA) is 63.5 Å². The number of pyridine rings is 1. The molecule has 7 nitrogen and oxygen atoms in total. The molecule has 0 fully saturated rings. The quantitative estimate of drug-likeness (QED) is 0.0736. The predicted octanol–water partition coefficient (Wildman–Crippen LogP) is 10.7. The Kier molecular flexibility index (Phi) is 8.19. The number of imidazole rings is 1. The van der Waals surface area contributed by atoms with E-state index in [-0.39, 0.29) is 0 Å². The van der Waals surface area contributed by atoms with Crippen molar-refractivity contribution in [3.8, 4) is 51.3 Å². The number of hydrogen-bond acceptors (Lipinski definition) is 6. The Morgan fingerprint density at radius 2 is 1.30 bits per heavy atom. The van der Waals surface area contributed by atoms with Crippen molar-refractivity contribution in [3.63, 3.8) is 0 Å². The summed E-state index contributed by atoms with van der Waals surface area (Å²) in [4.78, 5) is 5.54. The van der Waals surface area contributed by atoms with E-state index in [1.54, 1.807) is 28.4 Å². The number of nitrogens with zero attached hydrogens (tertiary/aromatic N) is 2. The van der Waals surface area contributed by atoms with Crippen molar-refractivity contribution in [3.05, 3.63) is 91.0 Å². The largest absolute Gasteiger partial charge is 0.497 e. The van der Waals surface area contributed by atoms with Gasteiger partial charge < -0.3 is 23.7 Å². The highest BCUT2D eigenvalue weighted by molar-refractivity contribution is 6.38. The molecule has 0 N–H and O–H groups in total. The maximum Gasteiger partial charge on any atom is 0.172 e. The minimum Gasteiger partial charge on any atom is -0.497 e. The van der Waals surface area contributed by atoms with Gasteiger partial charge in [-0.25, -0.2) is 4.98 Å². The number of hydrogen-bond donors (Lipinski definition) is 0. The van der Waals surface area contributed by atoms with Gasteiger partial charge in [-0.15, -0.1) is 0 Å². The van der Waals surface area contributed by atoms with Crippen molar-refractivity contribution in [1.29, 1.82) is 0 Å². The van der Waals surface area contributed by atoms with Gasteiger partial charge >= 0.3 is 0 Å². The molecule has 7 heteroatoms. The molecule has 252 valence electrons. The summed E-state index contributed by atoms with van der Waals surface area (Å²) in [6.45, 7) is 2.78. The summed E-state index contributed by atoms with van der Waals surface area (Å²) in [6, 6.07) is 31.2. The van der Waals surface area contributed by atoms with E-state index in [1.807, 2.05) is 18.2 Å². The summed E-state index contributed by atoms with van der Waals surface area (Å²) in [5.41, 5.74) is 5.64. The van der Waals surface area contributed by atoms with E-state index in [1.165, 1.54) is 6.42 Å². The van der Waals surface area contributed by atoms with Crippen LogP contribution in [0.3, 0.4) is 0 Å². The molecule has 0 amide bonds. The maximum atomic E-state index is 6.80. The fourth-order valence-electron chi connectivity index (χ4n) is 7.56. The summed E-state index contributed by atoms with van der Waals surface area (Å²) in [7, 11) is 6.79. The molecule has 0 spiro atoms. The molecule has 0 aliphatic heterocycles. The number of unbranched alkanes of at least 4 members (excludes halogenated alkanes) is 3. The van der Waals surface area contributed by atoms with Gasteiger partial charge in [0, 0.05) is 33.4 Å². The highest BCUT2D eigenvalue weighted by Gasteiger charge is 2.30. The molecule has 0 aliphatic carbocycles. The second kappa shape index (κ2) is 13.0. The fourth-order valence-corrected chi connectivity index (χ4v) is 7.56. The minimum absolute atomic E-state index is 0.565. The van der Waals surface area contributed by atoms with Crippen molar-refractivity contribution >= 4 is 48.9 Å². The Morgan fingerprint density at radius 3 is 1.98 bits per heavy atom. The molecule has 0 saturated heterocycles. The first-order valence-corrected chi connectivity index (χ1v) is 17.2. The van der Waals surface area contributed by atoms with Crippen molar-refractivity contribution in [2.75, 3.05) is 35.0 Å². The number of methoxy groups -OCH3 is 4. The molecule has 2 aromatic heterocycles. The molecule has 0 bridgehead atoms. The van der Waals surface area contributed by atoms with Crippen LogP contribution in [-0.4, -0.2) is 44.4 Å². The molecular weight excluding hydrogens is 624 g/mol. The maximum absolute atomic E-state index is 6.80. The lowest BCUT2D eigenvalue weighted by atomic mass is 9.89.